The lowest BCUT2D eigenvalue weighted by molar-refractivity contribution is 0.531. The van der Waals surface area contributed by atoms with E-state index in [2.05, 4.69) is 10.2 Å². The van der Waals surface area contributed by atoms with Gasteiger partial charge in [0.15, 0.2) is 0 Å². The van der Waals surface area contributed by atoms with E-state index in [4.69, 9.17) is 15.1 Å². The van der Waals surface area contributed by atoms with Crippen LogP contribution in [0, 0.1) is 6.92 Å². The zero-order valence-electron chi connectivity index (χ0n) is 8.21. The lowest BCUT2D eigenvalue weighted by atomic mass is 10.2. The average Bonchev–Trinajstić information content (AvgIpc) is 2.64. The Hall–Kier alpha value is -1.40. The monoisotopic (exact) mass is 258 g/mol. The second-order valence-corrected chi connectivity index (χ2v) is 5.59. The van der Waals surface area contributed by atoms with Crippen LogP contribution in [0.25, 0.3) is 11.5 Å². The Balaban J connectivity index is 2.66. The normalized spacial score (nSPS) is 11.6. The van der Waals surface area contributed by atoms with Gasteiger partial charge in [0.2, 0.25) is 11.8 Å². The van der Waals surface area contributed by atoms with Gasteiger partial charge in [-0.25, -0.2) is 8.42 Å². The predicted octanol–water partition coefficient (Wildman–Crippen LogP) is 1.97. The van der Waals surface area contributed by atoms with Crippen LogP contribution in [0.15, 0.2) is 33.6 Å². The summed E-state index contributed by atoms with van der Waals surface area (Å²) in [6.07, 6.45) is 0. The Morgan fingerprint density at radius 3 is 2.50 bits per heavy atom. The number of hydrogen-bond acceptors (Lipinski definition) is 5. The molecule has 0 aliphatic rings. The minimum atomic E-state index is -3.83. The summed E-state index contributed by atoms with van der Waals surface area (Å²) < 4.78 is 27.8. The number of aromatic nitrogens is 2. The highest BCUT2D eigenvalue weighted by Gasteiger charge is 2.19. The molecule has 5 nitrogen and oxygen atoms in total. The van der Waals surface area contributed by atoms with E-state index in [-0.39, 0.29) is 10.8 Å². The van der Waals surface area contributed by atoms with E-state index in [0.717, 1.165) is 0 Å². The first-order chi connectivity index (χ1) is 7.48. The molecule has 0 spiro atoms. The highest BCUT2D eigenvalue weighted by Crippen LogP contribution is 2.28. The van der Waals surface area contributed by atoms with Crippen LogP contribution in [-0.4, -0.2) is 18.6 Å². The molecule has 0 saturated heterocycles. The van der Waals surface area contributed by atoms with Gasteiger partial charge in [-0.3, -0.25) is 0 Å². The number of halogens is 1. The van der Waals surface area contributed by atoms with Gasteiger partial charge in [-0.15, -0.1) is 10.2 Å². The first kappa shape index (κ1) is 11.1. The third kappa shape index (κ3) is 2.07. The van der Waals surface area contributed by atoms with Crippen LogP contribution in [0.3, 0.4) is 0 Å². The fraction of sp³-hybridized carbons (Fsp3) is 0.111. The average molecular weight is 259 g/mol. The van der Waals surface area contributed by atoms with Crippen LogP contribution in [0.4, 0.5) is 0 Å². The zero-order chi connectivity index (χ0) is 11.8. The summed E-state index contributed by atoms with van der Waals surface area (Å²) in [5.74, 6) is 0.495. The number of hydrogen-bond donors (Lipinski definition) is 0. The summed E-state index contributed by atoms with van der Waals surface area (Å²) in [6.45, 7) is 1.62. The first-order valence-electron chi connectivity index (χ1n) is 4.32. The lowest BCUT2D eigenvalue weighted by Gasteiger charge is -2.01. The summed E-state index contributed by atoms with van der Waals surface area (Å²) in [7, 11) is 1.47. The smallest absolute Gasteiger partial charge is 0.262 e. The van der Waals surface area contributed by atoms with Crippen molar-refractivity contribution in [3.05, 3.63) is 30.2 Å². The summed E-state index contributed by atoms with van der Waals surface area (Å²) in [4.78, 5) is -0.0414. The van der Waals surface area contributed by atoms with Crippen LogP contribution >= 0.6 is 10.7 Å². The fourth-order valence-corrected chi connectivity index (χ4v) is 2.32. The van der Waals surface area contributed by atoms with E-state index in [9.17, 15) is 8.42 Å². The van der Waals surface area contributed by atoms with Gasteiger partial charge in [0.25, 0.3) is 9.05 Å². The van der Waals surface area contributed by atoms with Gasteiger partial charge in [-0.2, -0.15) is 0 Å². The molecule has 0 bridgehead atoms. The third-order valence-electron chi connectivity index (χ3n) is 1.91. The van der Waals surface area contributed by atoms with Gasteiger partial charge in [0.1, 0.15) is 0 Å². The SMILES string of the molecule is Cc1nnc(-c2ccccc2S(=O)(=O)Cl)o1. The zero-order valence-corrected chi connectivity index (χ0v) is 9.79. The molecule has 2 rings (SSSR count). The molecule has 84 valence electrons. The summed E-state index contributed by atoms with van der Waals surface area (Å²) >= 11 is 0. The predicted molar refractivity (Wildman–Crippen MR) is 57.5 cm³/mol. The molecular weight excluding hydrogens is 252 g/mol. The summed E-state index contributed by atoms with van der Waals surface area (Å²) in [6, 6.07) is 6.18. The van der Waals surface area contributed by atoms with Crippen molar-refractivity contribution in [3.8, 4) is 11.5 Å². The second-order valence-electron chi connectivity index (χ2n) is 3.06. The molecule has 1 aromatic carbocycles. The van der Waals surface area contributed by atoms with Crippen molar-refractivity contribution in [2.45, 2.75) is 11.8 Å². The molecule has 0 amide bonds. The molecule has 0 aliphatic carbocycles. The number of aryl methyl sites for hydroxylation is 1. The highest BCUT2D eigenvalue weighted by atomic mass is 35.7. The largest absolute Gasteiger partial charge is 0.421 e. The van der Waals surface area contributed by atoms with Crippen LogP contribution in [0.1, 0.15) is 5.89 Å². The Kier molecular flexibility index (Phi) is 2.69. The van der Waals surface area contributed by atoms with Crippen molar-refractivity contribution in [2.24, 2.45) is 0 Å². The number of nitrogens with zero attached hydrogens (tertiary/aromatic N) is 2. The summed E-state index contributed by atoms with van der Waals surface area (Å²) in [5, 5.41) is 7.38. The first-order valence-corrected chi connectivity index (χ1v) is 6.63. The minimum Gasteiger partial charge on any atom is -0.421 e. The van der Waals surface area contributed by atoms with E-state index in [1.54, 1.807) is 25.1 Å². The van der Waals surface area contributed by atoms with Crippen molar-refractivity contribution in [1.29, 1.82) is 0 Å². The van der Waals surface area contributed by atoms with Crippen molar-refractivity contribution < 1.29 is 12.8 Å². The molecule has 1 aromatic heterocycles. The molecular formula is C9H7ClN2O3S. The van der Waals surface area contributed by atoms with Crippen molar-refractivity contribution in [1.82, 2.24) is 10.2 Å². The molecule has 0 fully saturated rings. The fourth-order valence-electron chi connectivity index (χ4n) is 1.26. The maximum absolute atomic E-state index is 11.3. The molecule has 0 N–H and O–H groups in total. The van der Waals surface area contributed by atoms with Crippen molar-refractivity contribution >= 4 is 19.7 Å². The molecule has 0 atom stereocenters. The van der Waals surface area contributed by atoms with Gasteiger partial charge in [-0.1, -0.05) is 12.1 Å². The van der Waals surface area contributed by atoms with E-state index in [0.29, 0.717) is 11.5 Å². The Morgan fingerprint density at radius 2 is 1.94 bits per heavy atom. The minimum absolute atomic E-state index is 0.0414. The Bertz CT molecular complexity index is 621. The van der Waals surface area contributed by atoms with Gasteiger partial charge < -0.3 is 4.42 Å². The molecule has 0 unspecified atom stereocenters. The maximum atomic E-state index is 11.3. The van der Waals surface area contributed by atoms with E-state index >= 15 is 0 Å². The van der Waals surface area contributed by atoms with Crippen molar-refractivity contribution in [2.75, 3.05) is 0 Å². The maximum Gasteiger partial charge on any atom is 0.262 e. The number of benzene rings is 1. The van der Waals surface area contributed by atoms with Crippen molar-refractivity contribution in [3.63, 3.8) is 0 Å². The van der Waals surface area contributed by atoms with Gasteiger partial charge in [-0.05, 0) is 12.1 Å². The highest BCUT2D eigenvalue weighted by molar-refractivity contribution is 8.13. The second kappa shape index (κ2) is 3.88. The molecule has 16 heavy (non-hydrogen) atoms. The molecule has 0 aliphatic heterocycles. The van der Waals surface area contributed by atoms with Crippen LogP contribution in [0.5, 0.6) is 0 Å². The van der Waals surface area contributed by atoms with Crippen LogP contribution < -0.4 is 0 Å². The Labute approximate surface area is 96.5 Å². The third-order valence-corrected chi connectivity index (χ3v) is 3.29. The van der Waals surface area contributed by atoms with E-state index in [1.165, 1.54) is 6.07 Å². The van der Waals surface area contributed by atoms with E-state index < -0.39 is 9.05 Å². The molecule has 2 aromatic rings. The van der Waals surface area contributed by atoms with E-state index in [1.807, 2.05) is 0 Å². The number of rotatable bonds is 2. The van der Waals surface area contributed by atoms with Gasteiger partial charge >= 0.3 is 0 Å². The topological polar surface area (TPSA) is 73.1 Å². The Morgan fingerprint density at radius 1 is 1.25 bits per heavy atom. The molecule has 1 heterocycles. The molecule has 0 saturated carbocycles. The summed E-state index contributed by atoms with van der Waals surface area (Å²) in [5.41, 5.74) is 0.304. The van der Waals surface area contributed by atoms with Crippen LogP contribution in [0.2, 0.25) is 0 Å². The van der Waals surface area contributed by atoms with Gasteiger partial charge in [0, 0.05) is 17.6 Å². The standard InChI is InChI=1S/C9H7ClN2O3S/c1-6-11-12-9(15-6)7-4-2-3-5-8(7)16(10,13)14/h2-5H,1H3. The molecule has 7 heteroatoms. The quantitative estimate of drug-likeness (QED) is 0.770. The van der Waals surface area contributed by atoms with Gasteiger partial charge in [0.05, 0.1) is 10.5 Å². The molecule has 0 radical (unpaired) electrons. The lowest BCUT2D eigenvalue weighted by Crippen LogP contribution is -1.94. The van der Waals surface area contributed by atoms with Crippen LogP contribution in [-0.2, 0) is 9.05 Å².